The van der Waals surface area contributed by atoms with Crippen molar-refractivity contribution in [2.75, 3.05) is 0 Å². The van der Waals surface area contributed by atoms with E-state index in [1.54, 1.807) is 6.92 Å². The quantitative estimate of drug-likeness (QED) is 0.567. The topological polar surface area (TPSA) is 80.7 Å². The van der Waals surface area contributed by atoms with E-state index in [4.69, 9.17) is 8.74 Å². The lowest BCUT2D eigenvalue weighted by molar-refractivity contribution is -0.127. The molecule has 0 aromatic heterocycles. The average Bonchev–Trinajstić information content (AvgIpc) is 2.91. The first-order valence-corrected chi connectivity index (χ1v) is 11.8. The maximum absolute atomic E-state index is 12.2. The van der Waals surface area contributed by atoms with Gasteiger partial charge in [-0.25, -0.2) is 4.18 Å². The van der Waals surface area contributed by atoms with Gasteiger partial charge in [-0.05, 0) is 86.9 Å². The summed E-state index contributed by atoms with van der Waals surface area (Å²) >= 11 is 0. The molecule has 1 N–H and O–H groups in total. The molecule has 3 fully saturated rings. The highest BCUT2D eigenvalue weighted by Crippen LogP contribution is 2.66. The first-order valence-electron chi connectivity index (χ1n) is 10.4. The Morgan fingerprint density at radius 2 is 1.89 bits per heavy atom. The molecule has 5 nitrogen and oxygen atoms in total. The van der Waals surface area contributed by atoms with Crippen LogP contribution >= 0.6 is 0 Å². The molecule has 3 saturated carbocycles. The van der Waals surface area contributed by atoms with Gasteiger partial charge in [0.1, 0.15) is 5.78 Å². The summed E-state index contributed by atoms with van der Waals surface area (Å²) in [6, 6.07) is 0. The third-order valence-electron chi connectivity index (χ3n) is 8.81. The number of rotatable bonds is 3. The number of carbonyl (C=O) groups is 1. The Hall–Kier alpha value is -0.720. The highest BCUT2D eigenvalue weighted by Gasteiger charge is 2.59. The maximum Gasteiger partial charge on any atom is 0.397 e. The van der Waals surface area contributed by atoms with E-state index in [9.17, 15) is 13.2 Å². The van der Waals surface area contributed by atoms with Gasteiger partial charge in [0.05, 0.1) is 6.10 Å². The van der Waals surface area contributed by atoms with Gasteiger partial charge in [0, 0.05) is 5.92 Å². The Morgan fingerprint density at radius 1 is 1.15 bits per heavy atom. The second kappa shape index (κ2) is 6.39. The number of fused-ring (bicyclic) bond motifs is 5. The predicted octanol–water partition coefficient (Wildman–Crippen LogP) is 4.34. The molecule has 0 spiro atoms. The third kappa shape index (κ3) is 3.12. The largest absolute Gasteiger partial charge is 0.397 e. The molecule has 0 aromatic rings. The minimum atomic E-state index is -4.40. The molecule has 0 heterocycles. The van der Waals surface area contributed by atoms with E-state index in [1.165, 1.54) is 5.57 Å². The lowest BCUT2D eigenvalue weighted by atomic mass is 9.47. The van der Waals surface area contributed by atoms with Crippen LogP contribution < -0.4 is 0 Å². The van der Waals surface area contributed by atoms with E-state index in [-0.39, 0.29) is 16.7 Å². The molecule has 0 aliphatic heterocycles. The molecule has 0 bridgehead atoms. The number of hydrogen-bond donors (Lipinski definition) is 1. The van der Waals surface area contributed by atoms with Crippen molar-refractivity contribution in [2.45, 2.75) is 78.2 Å². The number of Topliss-reactive ketones (excluding diaryl/α,β-unsaturated/α-hetero) is 1. The summed E-state index contributed by atoms with van der Waals surface area (Å²) in [4.78, 5) is 12.2. The molecule has 0 unspecified atom stereocenters. The molecule has 4 aliphatic carbocycles. The predicted molar refractivity (Wildman–Crippen MR) is 102 cm³/mol. The van der Waals surface area contributed by atoms with E-state index in [0.717, 1.165) is 38.5 Å². The Morgan fingerprint density at radius 3 is 2.56 bits per heavy atom. The lowest BCUT2D eigenvalue weighted by Gasteiger charge is -2.58. The Labute approximate surface area is 162 Å². The molecule has 6 heteroatoms. The molecule has 0 radical (unpaired) electrons. The highest BCUT2D eigenvalue weighted by atomic mass is 32.3. The summed E-state index contributed by atoms with van der Waals surface area (Å²) in [6.45, 7) is 6.46. The zero-order valence-electron chi connectivity index (χ0n) is 16.6. The summed E-state index contributed by atoms with van der Waals surface area (Å²) < 4.78 is 36.1. The third-order valence-corrected chi connectivity index (χ3v) is 9.32. The van der Waals surface area contributed by atoms with Crippen LogP contribution in [0, 0.1) is 34.5 Å². The molecule has 0 saturated heterocycles. The molecule has 7 atom stereocenters. The fraction of sp³-hybridized carbons (Fsp3) is 0.857. The summed E-state index contributed by atoms with van der Waals surface area (Å²) in [5.74, 6) is 2.43. The van der Waals surface area contributed by atoms with Gasteiger partial charge in [-0.2, -0.15) is 8.42 Å². The van der Waals surface area contributed by atoms with Crippen LogP contribution in [-0.4, -0.2) is 24.9 Å². The Bertz CT molecular complexity index is 771. The van der Waals surface area contributed by atoms with Gasteiger partial charge in [0.25, 0.3) is 0 Å². The van der Waals surface area contributed by atoms with Crippen LogP contribution in [-0.2, 0) is 19.4 Å². The smallest absolute Gasteiger partial charge is 0.300 e. The van der Waals surface area contributed by atoms with Crippen molar-refractivity contribution in [1.82, 2.24) is 0 Å². The van der Waals surface area contributed by atoms with E-state index in [2.05, 4.69) is 19.9 Å². The molecule has 4 aliphatic rings. The van der Waals surface area contributed by atoms with Gasteiger partial charge in [-0.1, -0.05) is 25.5 Å². The number of allylic oxidation sites excluding steroid dienone is 1. The van der Waals surface area contributed by atoms with Crippen molar-refractivity contribution < 1.29 is 21.9 Å². The van der Waals surface area contributed by atoms with Crippen LogP contribution in [0.3, 0.4) is 0 Å². The van der Waals surface area contributed by atoms with Crippen molar-refractivity contribution in [3.8, 4) is 0 Å². The van der Waals surface area contributed by atoms with Crippen molar-refractivity contribution in [3.05, 3.63) is 11.6 Å². The van der Waals surface area contributed by atoms with E-state index < -0.39 is 16.5 Å². The van der Waals surface area contributed by atoms with Crippen molar-refractivity contribution in [3.63, 3.8) is 0 Å². The Balaban J connectivity index is 1.58. The fourth-order valence-electron chi connectivity index (χ4n) is 7.55. The van der Waals surface area contributed by atoms with Gasteiger partial charge < -0.3 is 0 Å². The number of carbonyl (C=O) groups excluding carboxylic acids is 1. The molecule has 152 valence electrons. The SMILES string of the molecule is CC(=O)[C@H]1CC[C@H]2[C@@H]3CC=C4C[C@H](OS(=O)(=O)O)CC[C@]4(C)[C@H]3CC[C@]12C. The van der Waals surface area contributed by atoms with Crippen LogP contribution in [0.4, 0.5) is 0 Å². The number of ketones is 1. The first-order chi connectivity index (χ1) is 12.5. The standard InChI is InChI=1S/C21H32O5S/c1-13(22)17-6-7-18-16-5-4-14-12-15(26-27(23,24)25)8-10-20(14,2)19(16)9-11-21(17,18)3/h4,15-19H,5-12H2,1-3H3,(H,23,24,25)/t15-,16+,17-,18+,19+,20+,21-/m1/s1. The average molecular weight is 397 g/mol. The first kappa shape index (κ1) is 19.6. The van der Waals surface area contributed by atoms with Crippen molar-refractivity contribution >= 4 is 16.2 Å². The number of hydrogen-bond acceptors (Lipinski definition) is 4. The molecule has 0 aromatic carbocycles. The normalized spacial score (nSPS) is 46.8. The van der Waals surface area contributed by atoms with Crippen molar-refractivity contribution in [2.24, 2.45) is 34.5 Å². The summed E-state index contributed by atoms with van der Waals surface area (Å²) in [7, 11) is -4.40. The molecule has 27 heavy (non-hydrogen) atoms. The second-order valence-corrected chi connectivity index (χ2v) is 11.0. The fourth-order valence-corrected chi connectivity index (χ4v) is 8.06. The summed E-state index contributed by atoms with van der Waals surface area (Å²) in [5.41, 5.74) is 1.56. The monoisotopic (exact) mass is 396 g/mol. The van der Waals surface area contributed by atoms with Crippen LogP contribution in [0.2, 0.25) is 0 Å². The maximum atomic E-state index is 12.2. The van der Waals surface area contributed by atoms with Crippen LogP contribution in [0.25, 0.3) is 0 Å². The molecule has 0 amide bonds. The highest BCUT2D eigenvalue weighted by molar-refractivity contribution is 7.80. The van der Waals surface area contributed by atoms with Crippen LogP contribution in [0.5, 0.6) is 0 Å². The van der Waals surface area contributed by atoms with Gasteiger partial charge >= 0.3 is 10.4 Å². The molecular formula is C21H32O5S. The van der Waals surface area contributed by atoms with Crippen LogP contribution in [0.1, 0.15) is 72.1 Å². The Kier molecular flexibility index (Phi) is 4.64. The van der Waals surface area contributed by atoms with Gasteiger partial charge in [0.15, 0.2) is 0 Å². The zero-order valence-corrected chi connectivity index (χ0v) is 17.4. The van der Waals surface area contributed by atoms with Crippen LogP contribution in [0.15, 0.2) is 11.6 Å². The van der Waals surface area contributed by atoms with Gasteiger partial charge in [-0.15, -0.1) is 0 Å². The molecular weight excluding hydrogens is 364 g/mol. The van der Waals surface area contributed by atoms with Crippen molar-refractivity contribution in [1.29, 1.82) is 0 Å². The summed E-state index contributed by atoms with van der Waals surface area (Å²) in [6.07, 6.45) is 9.54. The summed E-state index contributed by atoms with van der Waals surface area (Å²) in [5, 5.41) is 0. The minimum Gasteiger partial charge on any atom is -0.300 e. The minimum absolute atomic E-state index is 0.0949. The zero-order chi connectivity index (χ0) is 19.6. The molecule has 4 rings (SSSR count). The van der Waals surface area contributed by atoms with E-state index >= 15 is 0 Å². The van der Waals surface area contributed by atoms with Gasteiger partial charge in [-0.3, -0.25) is 9.35 Å². The van der Waals surface area contributed by atoms with E-state index in [0.29, 0.717) is 36.4 Å². The van der Waals surface area contributed by atoms with E-state index in [1.807, 2.05) is 0 Å². The lowest BCUT2D eigenvalue weighted by Crippen LogP contribution is -2.51. The second-order valence-electron chi connectivity index (χ2n) is 9.93. The van der Waals surface area contributed by atoms with Gasteiger partial charge in [0.2, 0.25) is 0 Å².